The van der Waals surface area contributed by atoms with Gasteiger partial charge in [-0.3, -0.25) is 76.9 Å². The van der Waals surface area contributed by atoms with Gasteiger partial charge in [-0.2, -0.15) is 9.78 Å². The summed E-state index contributed by atoms with van der Waals surface area (Å²) in [6.07, 6.45) is -2.80. The molecule has 3 aromatic carbocycles. The highest BCUT2D eigenvalue weighted by atomic mass is 32.2. The molecule has 0 aliphatic carbocycles. The van der Waals surface area contributed by atoms with Crippen molar-refractivity contribution in [2.45, 2.75) is 213 Å². The molecule has 28 N–H and O–H groups in total. The van der Waals surface area contributed by atoms with Gasteiger partial charge in [0.2, 0.25) is 76.8 Å². The lowest BCUT2D eigenvalue weighted by Crippen LogP contribution is -2.62. The van der Waals surface area contributed by atoms with E-state index in [1.165, 1.54) is 18.8 Å². The van der Waals surface area contributed by atoms with Gasteiger partial charge in [0.1, 0.15) is 66.5 Å². The molecule has 6 rings (SSSR count). The van der Waals surface area contributed by atoms with Gasteiger partial charge in [-0.25, -0.2) is 4.79 Å². The highest BCUT2D eigenvalue weighted by molar-refractivity contribution is 7.99. The number of benzene rings is 3. The highest BCUT2D eigenvalue weighted by Gasteiger charge is 2.39. The number of carboxylic acids is 1. The lowest BCUT2D eigenvalue weighted by atomic mass is 10.00. The van der Waals surface area contributed by atoms with E-state index in [0.29, 0.717) is 43.2 Å². The van der Waals surface area contributed by atoms with Crippen LogP contribution in [0.1, 0.15) is 139 Å². The summed E-state index contributed by atoms with van der Waals surface area (Å²) in [5, 5.41) is 75.0. The number of carbonyl (C=O) groups is 16. The van der Waals surface area contributed by atoms with Crippen LogP contribution in [0.2, 0.25) is 0 Å². The van der Waals surface area contributed by atoms with E-state index in [-0.39, 0.29) is 89.6 Å². The number of aromatic nitrogens is 3. The van der Waals surface area contributed by atoms with E-state index in [0.717, 1.165) is 18.5 Å². The van der Waals surface area contributed by atoms with Crippen LogP contribution < -0.4 is 108 Å². The van der Waals surface area contributed by atoms with Crippen LogP contribution in [0.15, 0.2) is 107 Å². The van der Waals surface area contributed by atoms with E-state index < -0.39 is 218 Å². The molecule has 13 atom stereocenters. The number of aliphatic hydroxyl groups excluding tert-OH is 2. The Morgan fingerprint density at radius 1 is 0.587 bits per heavy atom. The second-order valence-corrected chi connectivity index (χ2v) is 32.2. The molecule has 1 saturated heterocycles. The molecule has 43 heteroatoms. The number of hydrogen-bond acceptors (Lipinski definition) is 26. The Morgan fingerprint density at radius 2 is 1.13 bits per heavy atom. The summed E-state index contributed by atoms with van der Waals surface area (Å²) < 4.78 is 1.15. The maximum atomic E-state index is 14.8. The molecule has 1 fully saturated rings. The van der Waals surface area contributed by atoms with Crippen molar-refractivity contribution in [1.82, 2.24) is 94.5 Å². The van der Waals surface area contributed by atoms with E-state index in [1.54, 1.807) is 131 Å². The summed E-state index contributed by atoms with van der Waals surface area (Å²) in [5.41, 5.74) is 30.7. The Bertz CT molecular complexity index is 4630. The second kappa shape index (κ2) is 51.1. The summed E-state index contributed by atoms with van der Waals surface area (Å²) in [6.45, 7) is 6.92. The number of amides is 15. The van der Waals surface area contributed by atoms with Gasteiger partial charge in [-0.15, -0.1) is 0 Å². The van der Waals surface area contributed by atoms with Crippen LogP contribution in [0.3, 0.4) is 0 Å². The van der Waals surface area contributed by atoms with E-state index in [9.17, 15) is 92.0 Å². The fraction of sp³-hybridized carbons (Fsp3) is 0.494. The van der Waals surface area contributed by atoms with Crippen molar-refractivity contribution in [3.8, 4) is 0 Å². The van der Waals surface area contributed by atoms with Gasteiger partial charge in [0, 0.05) is 67.2 Å². The number of aliphatic hydroxyl groups is 2. The summed E-state index contributed by atoms with van der Waals surface area (Å²) in [7, 11) is 1.52. The first-order valence-corrected chi connectivity index (χ1v) is 42.2. The van der Waals surface area contributed by atoms with Crippen LogP contribution in [0, 0.1) is 5.92 Å². The second-order valence-electron chi connectivity index (χ2n) is 31.1. The van der Waals surface area contributed by atoms with E-state index in [4.69, 9.17) is 28.7 Å². The Hall–Kier alpha value is -12.4. The average Bonchev–Trinajstić information content (AvgIpc) is 1.62. The zero-order valence-corrected chi connectivity index (χ0v) is 72.2. The quantitative estimate of drug-likeness (QED) is 0.0178. The first kappa shape index (κ1) is 102. The van der Waals surface area contributed by atoms with Crippen LogP contribution in [-0.4, -0.2) is 262 Å². The zero-order chi connectivity index (χ0) is 92.9. The largest absolute Gasteiger partial charge is 0.481 e. The number of hydrogen-bond donors (Lipinski definition) is 23. The number of nitrogens with two attached hydrogens (primary N) is 5. The third kappa shape index (κ3) is 32.6. The Kier molecular flexibility index (Phi) is 41.6. The first-order chi connectivity index (χ1) is 59.9. The van der Waals surface area contributed by atoms with Crippen LogP contribution in [0.5, 0.6) is 0 Å². The maximum Gasteiger partial charge on any atom is 0.343 e. The third-order valence-corrected chi connectivity index (χ3v) is 20.9. The minimum absolute atomic E-state index is 0.000498. The smallest absolute Gasteiger partial charge is 0.343 e. The predicted octanol–water partition coefficient (Wildman–Crippen LogP) is -4.14. The summed E-state index contributed by atoms with van der Waals surface area (Å²) in [4.78, 5) is 229. The van der Waals surface area contributed by atoms with Crippen molar-refractivity contribution >= 4 is 130 Å². The molecule has 1 aliphatic heterocycles. The topological polar surface area (TPSA) is 675 Å². The van der Waals surface area contributed by atoms with E-state index in [1.807, 2.05) is 6.07 Å². The molecule has 126 heavy (non-hydrogen) atoms. The molecule has 0 saturated carbocycles. The SMILES string of the molecule is CNC(=O)c1ccccc1Sc1ccc2c(/C=C/c3ccccn3)nn(C(=O)NC(C)(C)CNC(=O)[C@H](CCC(=O)O)NC(=O)CCC(=O)N[C@@H](CCN)C(=O)N[C@H](C(=O)N[C@@H](CCN)C(=O)N[C@H]3CCNC(=O)[C@H]([C@@H](C)O)NC(=O)[C@H](CCN)NC(=O)[C@H](CCN)NC(=O)[C@H](CC(C)C)NC(=O)[C@@H](Cc4ccccc4)NC(=O)C(CCN)NC3=O)[C@@H](C)O)c2c1. The number of nitrogens with one attached hydrogen (secondary N) is 15. The van der Waals surface area contributed by atoms with Crippen LogP contribution in [-0.2, 0) is 73.5 Å². The standard InChI is InChI=1S/C83H119N23O19S/c1-45(2)41-61-78(121)97-56(29-35-85)72(115)96-59(32-38-88)77(120)102-68(46(3)107)80(123)91-40-33-60(75(118)95-57(30-36-86)74(117)101-62(79(122)100-61)42-48-15-9-8-10-16-48)98-73(116)58(31-37-87)99-81(124)69(47(4)108)103-76(119)55(28-34-84)94-66(110)26-25-65(109)93-54(24-27-67(111)112)71(114)92-44-83(5,6)104-82(125)106-63-43-50(126-64-19-12-11-18-52(64)70(113)89-7)21-22-51(63)53(105-106)23-20-49-17-13-14-39-90-49/h8-23,39,43,45-47,54-62,68-69,107-108H,24-38,40-42,44,84-88H2,1-7H3,(H,89,113)(H,91,123)(H,92,114)(H,93,109)(H,94,110)(H,95,118)(H,96,115)(H,97,121)(H,98,116)(H,99,124)(H,100,122)(H,101,117)(H,102,120)(H,103,119)(H,104,125)(H,111,112)/b23-20+/t46-,47-,54+,55+,56+,57?,58+,59+,60+,61+,62-,68+,69+/m1/s1. The lowest BCUT2D eigenvalue weighted by molar-refractivity contribution is -0.138. The molecule has 15 amide bonds. The van der Waals surface area contributed by atoms with Crippen molar-refractivity contribution in [1.29, 1.82) is 0 Å². The fourth-order valence-corrected chi connectivity index (χ4v) is 14.1. The van der Waals surface area contributed by atoms with Gasteiger partial charge < -0.3 is 124 Å². The molecule has 42 nitrogen and oxygen atoms in total. The number of nitrogens with zero attached hydrogens (tertiary/aromatic N) is 3. The summed E-state index contributed by atoms with van der Waals surface area (Å²) in [6, 6.07) is 7.83. The number of carbonyl (C=O) groups excluding carboxylic acids is 15. The molecule has 0 bridgehead atoms. The van der Waals surface area contributed by atoms with Crippen LogP contribution in [0.4, 0.5) is 4.79 Å². The van der Waals surface area contributed by atoms with Crippen LogP contribution >= 0.6 is 11.8 Å². The fourth-order valence-electron chi connectivity index (χ4n) is 13.1. The Morgan fingerprint density at radius 3 is 1.70 bits per heavy atom. The first-order valence-electron chi connectivity index (χ1n) is 41.4. The minimum atomic E-state index is -1.92. The van der Waals surface area contributed by atoms with Crippen LogP contribution in [0.25, 0.3) is 23.1 Å². The van der Waals surface area contributed by atoms with Gasteiger partial charge >= 0.3 is 12.0 Å². The van der Waals surface area contributed by atoms with E-state index >= 15 is 0 Å². The Balaban J connectivity index is 1.16. The van der Waals surface area contributed by atoms with Gasteiger partial charge in [-0.05, 0) is 178 Å². The number of aliphatic carboxylic acids is 1. The van der Waals surface area contributed by atoms with Crippen molar-refractivity contribution in [2.75, 3.05) is 52.9 Å². The minimum Gasteiger partial charge on any atom is -0.481 e. The molecule has 686 valence electrons. The third-order valence-electron chi connectivity index (χ3n) is 19.8. The van der Waals surface area contributed by atoms with E-state index in [2.05, 4.69) is 89.8 Å². The van der Waals surface area contributed by atoms with Gasteiger partial charge in [0.05, 0.1) is 40.2 Å². The number of fused-ring (bicyclic) bond motifs is 1. The number of pyridine rings is 1. The molecule has 1 unspecified atom stereocenters. The summed E-state index contributed by atoms with van der Waals surface area (Å²) >= 11 is 1.29. The molecular weight excluding hydrogens is 1660 g/mol. The summed E-state index contributed by atoms with van der Waals surface area (Å²) in [5.74, 6) is -14.8. The molecule has 0 spiro atoms. The van der Waals surface area contributed by atoms with Crippen molar-refractivity contribution in [3.05, 3.63) is 120 Å². The Labute approximate surface area is 732 Å². The van der Waals surface area contributed by atoms with Crippen molar-refractivity contribution in [3.63, 3.8) is 0 Å². The maximum absolute atomic E-state index is 14.8. The zero-order valence-electron chi connectivity index (χ0n) is 71.4. The molecule has 3 heterocycles. The van der Waals surface area contributed by atoms with Gasteiger partial charge in [0.25, 0.3) is 5.91 Å². The molecule has 0 radical (unpaired) electrons. The number of carboxylic acid groups (broad SMARTS) is 1. The monoisotopic (exact) mass is 1770 g/mol. The predicted molar refractivity (Wildman–Crippen MR) is 464 cm³/mol. The average molecular weight is 1780 g/mol. The normalized spacial score (nSPS) is 19.2. The molecule has 2 aromatic heterocycles. The van der Waals surface area contributed by atoms with Gasteiger partial charge in [-0.1, -0.05) is 74.1 Å². The van der Waals surface area contributed by atoms with Gasteiger partial charge in [0.15, 0.2) is 0 Å². The highest BCUT2D eigenvalue weighted by Crippen LogP contribution is 2.34. The van der Waals surface area contributed by atoms with Crippen molar-refractivity contribution in [2.24, 2.45) is 34.6 Å². The molecule has 5 aromatic rings. The molecule has 1 aliphatic rings. The molecular formula is C83H119N23O19S. The van der Waals surface area contributed by atoms with Crippen molar-refractivity contribution < 1.29 is 92.0 Å². The lowest BCUT2D eigenvalue weighted by Gasteiger charge is -2.29. The number of rotatable bonds is 39.